The third kappa shape index (κ3) is 2.28. The maximum atomic E-state index is 13.3. The van der Waals surface area contributed by atoms with Gasteiger partial charge in [0, 0.05) is 16.9 Å². The molecule has 2 rings (SSSR count). The van der Waals surface area contributed by atoms with Gasteiger partial charge in [-0.1, -0.05) is 18.2 Å². The van der Waals surface area contributed by atoms with E-state index < -0.39 is 17.7 Å². The van der Waals surface area contributed by atoms with E-state index in [0.29, 0.717) is 6.42 Å². The molecule has 1 nitrogen and oxygen atoms in total. The van der Waals surface area contributed by atoms with Crippen molar-refractivity contribution >= 4 is 11.3 Å². The lowest BCUT2D eigenvalue weighted by atomic mass is 10.1. The second-order valence-electron chi connectivity index (χ2n) is 3.44. The minimum Gasteiger partial charge on any atom is -0.388 e. The van der Waals surface area contributed by atoms with Crippen molar-refractivity contribution in [1.29, 1.82) is 0 Å². The summed E-state index contributed by atoms with van der Waals surface area (Å²) in [6, 6.07) is 7.54. The average Bonchev–Trinajstić information content (AvgIpc) is 2.74. The Labute approximate surface area is 96.0 Å². The predicted molar refractivity (Wildman–Crippen MR) is 59.3 cm³/mol. The maximum absolute atomic E-state index is 13.3. The molecule has 0 radical (unpaired) electrons. The molecule has 1 aromatic carbocycles. The van der Waals surface area contributed by atoms with E-state index in [0.717, 1.165) is 10.9 Å². The lowest BCUT2D eigenvalue weighted by molar-refractivity contribution is 0.173. The zero-order valence-corrected chi connectivity index (χ0v) is 9.18. The van der Waals surface area contributed by atoms with Crippen molar-refractivity contribution in [2.24, 2.45) is 0 Å². The summed E-state index contributed by atoms with van der Waals surface area (Å²) in [5.41, 5.74) is 0.00778. The van der Waals surface area contributed by atoms with Gasteiger partial charge < -0.3 is 5.11 Å². The number of benzene rings is 1. The third-order valence-electron chi connectivity index (χ3n) is 2.32. The Morgan fingerprint density at radius 2 is 2.00 bits per heavy atom. The lowest BCUT2D eigenvalue weighted by Crippen LogP contribution is -2.04. The summed E-state index contributed by atoms with van der Waals surface area (Å²) in [5, 5.41) is 11.7. The molecular weight excluding hydrogens is 230 g/mol. The first-order chi connectivity index (χ1) is 7.68. The van der Waals surface area contributed by atoms with E-state index in [1.54, 1.807) is 0 Å². The van der Waals surface area contributed by atoms with Gasteiger partial charge in [-0.25, -0.2) is 8.78 Å². The van der Waals surface area contributed by atoms with E-state index in [9.17, 15) is 13.9 Å². The van der Waals surface area contributed by atoms with Gasteiger partial charge in [0.25, 0.3) is 0 Å². The van der Waals surface area contributed by atoms with Crippen LogP contribution in [-0.2, 0) is 6.42 Å². The van der Waals surface area contributed by atoms with Crippen molar-refractivity contribution in [3.8, 4) is 0 Å². The second kappa shape index (κ2) is 4.72. The van der Waals surface area contributed by atoms with Gasteiger partial charge in [0.05, 0.1) is 6.10 Å². The number of thiophene rings is 1. The first-order valence-electron chi connectivity index (χ1n) is 4.83. The fraction of sp³-hybridized carbons (Fsp3) is 0.167. The fourth-order valence-electron chi connectivity index (χ4n) is 1.51. The molecular formula is C12H10F2OS. The van der Waals surface area contributed by atoms with Gasteiger partial charge in [0.1, 0.15) is 0 Å². The van der Waals surface area contributed by atoms with E-state index >= 15 is 0 Å². The van der Waals surface area contributed by atoms with E-state index in [1.807, 2.05) is 17.5 Å². The molecule has 4 heteroatoms. The summed E-state index contributed by atoms with van der Waals surface area (Å²) in [7, 11) is 0. The Kier molecular flexibility index (Phi) is 3.31. The van der Waals surface area contributed by atoms with E-state index in [1.165, 1.54) is 23.5 Å². The molecule has 0 amide bonds. The van der Waals surface area contributed by atoms with Crippen LogP contribution in [0.3, 0.4) is 0 Å². The smallest absolute Gasteiger partial charge is 0.164 e. The molecule has 2 aromatic rings. The monoisotopic (exact) mass is 240 g/mol. The number of hydrogen-bond donors (Lipinski definition) is 1. The Hall–Kier alpha value is -1.26. The van der Waals surface area contributed by atoms with Crippen molar-refractivity contribution < 1.29 is 13.9 Å². The first kappa shape index (κ1) is 11.2. The molecule has 1 unspecified atom stereocenters. The maximum Gasteiger partial charge on any atom is 0.164 e. The summed E-state index contributed by atoms with van der Waals surface area (Å²) in [4.78, 5) is 0.941. The summed E-state index contributed by atoms with van der Waals surface area (Å²) in [6.07, 6.45) is -0.702. The predicted octanol–water partition coefficient (Wildman–Crippen LogP) is 3.30. The van der Waals surface area contributed by atoms with Crippen LogP contribution in [0.1, 0.15) is 16.5 Å². The zero-order chi connectivity index (χ0) is 11.5. The minimum atomic E-state index is -1.01. The standard InChI is InChI=1S/C12H10F2OS/c13-10-5-1-4-9(12(10)14)11(15)7-8-3-2-6-16-8/h1-6,11,15H,7H2. The number of hydrogen-bond acceptors (Lipinski definition) is 2. The van der Waals surface area contributed by atoms with Crippen LogP contribution in [0.15, 0.2) is 35.7 Å². The van der Waals surface area contributed by atoms with E-state index in [2.05, 4.69) is 0 Å². The number of aliphatic hydroxyl groups excluding tert-OH is 1. The number of aliphatic hydroxyl groups is 1. The lowest BCUT2D eigenvalue weighted by Gasteiger charge is -2.10. The topological polar surface area (TPSA) is 20.2 Å². The number of halogens is 2. The molecule has 0 spiro atoms. The van der Waals surface area contributed by atoms with Crippen LogP contribution in [-0.4, -0.2) is 5.11 Å². The van der Waals surface area contributed by atoms with E-state index in [4.69, 9.17) is 0 Å². The van der Waals surface area contributed by atoms with E-state index in [-0.39, 0.29) is 5.56 Å². The highest BCUT2D eigenvalue weighted by Gasteiger charge is 2.16. The highest BCUT2D eigenvalue weighted by atomic mass is 32.1. The van der Waals surface area contributed by atoms with Crippen LogP contribution in [0.4, 0.5) is 8.78 Å². The molecule has 84 valence electrons. The van der Waals surface area contributed by atoms with Crippen LogP contribution in [0.5, 0.6) is 0 Å². The van der Waals surface area contributed by atoms with Gasteiger partial charge >= 0.3 is 0 Å². The summed E-state index contributed by atoms with van der Waals surface area (Å²) >= 11 is 1.48. The fourth-order valence-corrected chi connectivity index (χ4v) is 2.25. The normalized spacial score (nSPS) is 12.7. The van der Waals surface area contributed by atoms with Crippen LogP contribution in [0.2, 0.25) is 0 Å². The first-order valence-corrected chi connectivity index (χ1v) is 5.71. The van der Waals surface area contributed by atoms with Gasteiger partial charge in [-0.05, 0) is 17.5 Å². The second-order valence-corrected chi connectivity index (χ2v) is 4.47. The van der Waals surface area contributed by atoms with Crippen LogP contribution in [0.25, 0.3) is 0 Å². The van der Waals surface area contributed by atoms with Crippen LogP contribution >= 0.6 is 11.3 Å². The summed E-state index contributed by atoms with van der Waals surface area (Å²) in [6.45, 7) is 0. The molecule has 0 aliphatic carbocycles. The highest BCUT2D eigenvalue weighted by molar-refractivity contribution is 7.09. The SMILES string of the molecule is OC(Cc1cccs1)c1cccc(F)c1F. The Bertz CT molecular complexity index is 468. The molecule has 1 atom stereocenters. The van der Waals surface area contributed by atoms with Gasteiger partial charge in [-0.15, -0.1) is 11.3 Å². The summed E-state index contributed by atoms with van der Waals surface area (Å²) < 4.78 is 26.3. The molecule has 0 aliphatic rings. The van der Waals surface area contributed by atoms with Crippen molar-refractivity contribution in [3.63, 3.8) is 0 Å². The van der Waals surface area contributed by atoms with Crippen molar-refractivity contribution in [3.05, 3.63) is 57.8 Å². The molecule has 0 saturated heterocycles. The average molecular weight is 240 g/mol. The van der Waals surface area contributed by atoms with Gasteiger partial charge in [-0.3, -0.25) is 0 Å². The number of rotatable bonds is 3. The minimum absolute atomic E-state index is 0.00778. The Balaban J connectivity index is 2.21. The quantitative estimate of drug-likeness (QED) is 0.872. The van der Waals surface area contributed by atoms with Gasteiger partial charge in [-0.2, -0.15) is 0 Å². The molecule has 0 saturated carbocycles. The molecule has 1 aromatic heterocycles. The van der Waals surface area contributed by atoms with Gasteiger partial charge in [0.2, 0.25) is 0 Å². The summed E-state index contributed by atoms with van der Waals surface area (Å²) in [5.74, 6) is -1.89. The van der Waals surface area contributed by atoms with Crippen LogP contribution in [0, 0.1) is 11.6 Å². The Morgan fingerprint density at radius 3 is 2.69 bits per heavy atom. The molecule has 0 fully saturated rings. The van der Waals surface area contributed by atoms with Gasteiger partial charge in [0.15, 0.2) is 11.6 Å². The molecule has 16 heavy (non-hydrogen) atoms. The molecule has 0 bridgehead atoms. The molecule has 1 N–H and O–H groups in total. The zero-order valence-electron chi connectivity index (χ0n) is 8.36. The van der Waals surface area contributed by atoms with Crippen LogP contribution < -0.4 is 0 Å². The Morgan fingerprint density at radius 1 is 1.19 bits per heavy atom. The van der Waals surface area contributed by atoms with Crippen molar-refractivity contribution in [2.45, 2.75) is 12.5 Å². The third-order valence-corrected chi connectivity index (χ3v) is 3.21. The molecule has 1 heterocycles. The highest BCUT2D eigenvalue weighted by Crippen LogP contribution is 2.24. The largest absolute Gasteiger partial charge is 0.388 e. The molecule has 0 aliphatic heterocycles. The van der Waals surface area contributed by atoms with Crippen molar-refractivity contribution in [2.75, 3.05) is 0 Å². The van der Waals surface area contributed by atoms with Crippen molar-refractivity contribution in [1.82, 2.24) is 0 Å².